The Kier molecular flexibility index (Phi) is 3.59. The number of hydrogen-bond acceptors (Lipinski definition) is 4. The van der Waals surface area contributed by atoms with E-state index in [1.165, 1.54) is 0 Å². The Morgan fingerprint density at radius 1 is 1.69 bits per heavy atom. The number of aromatic nitrogens is 1. The minimum Gasteiger partial charge on any atom is -0.495 e. The fourth-order valence-corrected chi connectivity index (χ4v) is 1.63. The van der Waals surface area contributed by atoms with Crippen molar-refractivity contribution in [3.8, 4) is 11.8 Å². The summed E-state index contributed by atoms with van der Waals surface area (Å²) in [5.74, 6) is 1.61. The van der Waals surface area contributed by atoms with Gasteiger partial charge in [-0.25, -0.2) is 4.98 Å². The molecule has 0 N–H and O–H groups in total. The van der Waals surface area contributed by atoms with Crippen LogP contribution in [-0.4, -0.2) is 17.8 Å². The molecule has 0 aromatic carbocycles. The van der Waals surface area contributed by atoms with Crippen molar-refractivity contribution in [3.63, 3.8) is 0 Å². The van der Waals surface area contributed by atoms with E-state index in [0.717, 1.165) is 10.6 Å². The second kappa shape index (κ2) is 4.73. The molecule has 0 atom stereocenters. The summed E-state index contributed by atoms with van der Waals surface area (Å²) in [4.78, 5) is 4.86. The first-order chi connectivity index (χ1) is 6.31. The maximum atomic E-state index is 8.74. The van der Waals surface area contributed by atoms with Crippen molar-refractivity contribution < 1.29 is 4.74 Å². The third-order valence-electron chi connectivity index (χ3n) is 1.47. The molecule has 13 heavy (non-hydrogen) atoms. The Balaban J connectivity index is 3.04. The highest BCUT2D eigenvalue weighted by Gasteiger charge is 2.04. The van der Waals surface area contributed by atoms with Gasteiger partial charge in [-0.15, -0.1) is 11.8 Å². The number of pyridine rings is 1. The van der Waals surface area contributed by atoms with Crippen molar-refractivity contribution in [2.75, 3.05) is 12.9 Å². The van der Waals surface area contributed by atoms with E-state index in [0.29, 0.717) is 11.4 Å². The Morgan fingerprint density at radius 3 is 3.00 bits per heavy atom. The van der Waals surface area contributed by atoms with E-state index in [-0.39, 0.29) is 0 Å². The monoisotopic (exact) mass is 194 g/mol. The maximum Gasteiger partial charge on any atom is 0.154 e. The smallest absolute Gasteiger partial charge is 0.154 e. The number of thioether (sulfide) groups is 1. The molecule has 0 spiro atoms. The van der Waals surface area contributed by atoms with E-state index in [9.17, 15) is 0 Å². The van der Waals surface area contributed by atoms with Crippen LogP contribution < -0.4 is 4.74 Å². The second-order valence-electron chi connectivity index (χ2n) is 2.27. The van der Waals surface area contributed by atoms with Crippen LogP contribution in [0.15, 0.2) is 17.2 Å². The van der Waals surface area contributed by atoms with Gasteiger partial charge < -0.3 is 4.74 Å². The quantitative estimate of drug-likeness (QED) is 0.691. The second-order valence-corrected chi connectivity index (χ2v) is 3.57. The van der Waals surface area contributed by atoms with Gasteiger partial charge in [0.2, 0.25) is 0 Å². The van der Waals surface area contributed by atoms with Crippen LogP contribution in [-0.2, 0) is 0 Å². The average Bonchev–Trinajstić information content (AvgIpc) is 2.18. The summed E-state index contributed by atoms with van der Waals surface area (Å²) < 4.78 is 5.02. The largest absolute Gasteiger partial charge is 0.495 e. The van der Waals surface area contributed by atoms with E-state index >= 15 is 0 Å². The summed E-state index contributed by atoms with van der Waals surface area (Å²) in [7, 11) is 1.59. The lowest BCUT2D eigenvalue weighted by Gasteiger charge is -2.03. The lowest BCUT2D eigenvalue weighted by molar-refractivity contribution is 0.411. The van der Waals surface area contributed by atoms with Gasteiger partial charge in [-0.2, -0.15) is 5.26 Å². The van der Waals surface area contributed by atoms with Crippen molar-refractivity contribution >= 4 is 11.8 Å². The molecule has 0 aliphatic rings. The van der Waals surface area contributed by atoms with Gasteiger partial charge in [0.25, 0.3) is 0 Å². The molecule has 1 heterocycles. The molecule has 0 saturated carbocycles. The molecule has 68 valence electrons. The van der Waals surface area contributed by atoms with Gasteiger partial charge >= 0.3 is 0 Å². The Labute approximate surface area is 81.7 Å². The standard InChI is InChI=1S/C9H10N2OS/c1-3-13-9-4-7(12-2)6-11-8(9)5-10/h4,6H,3H2,1-2H3. The predicted molar refractivity (Wildman–Crippen MR) is 51.9 cm³/mol. The van der Waals surface area contributed by atoms with E-state index in [1.54, 1.807) is 25.1 Å². The lowest BCUT2D eigenvalue weighted by atomic mass is 10.3. The van der Waals surface area contributed by atoms with Gasteiger partial charge in [0.05, 0.1) is 13.3 Å². The predicted octanol–water partition coefficient (Wildman–Crippen LogP) is 2.07. The fourth-order valence-electron chi connectivity index (χ4n) is 0.888. The van der Waals surface area contributed by atoms with Gasteiger partial charge in [0.1, 0.15) is 11.8 Å². The molecular weight excluding hydrogens is 184 g/mol. The van der Waals surface area contributed by atoms with Crippen LogP contribution in [0.5, 0.6) is 5.75 Å². The molecule has 0 unspecified atom stereocenters. The van der Waals surface area contributed by atoms with Crippen LogP contribution in [0, 0.1) is 11.3 Å². The highest BCUT2D eigenvalue weighted by atomic mass is 32.2. The maximum absolute atomic E-state index is 8.74. The summed E-state index contributed by atoms with van der Waals surface area (Å²) >= 11 is 1.59. The van der Waals surface area contributed by atoms with Gasteiger partial charge in [-0.05, 0) is 11.8 Å². The van der Waals surface area contributed by atoms with Gasteiger partial charge in [0.15, 0.2) is 5.69 Å². The number of hydrogen-bond donors (Lipinski definition) is 0. The van der Waals surface area contributed by atoms with Crippen LogP contribution in [0.3, 0.4) is 0 Å². The van der Waals surface area contributed by atoms with Gasteiger partial charge in [-0.3, -0.25) is 0 Å². The molecule has 1 rings (SSSR count). The van der Waals surface area contributed by atoms with Crippen molar-refractivity contribution in [2.24, 2.45) is 0 Å². The number of nitriles is 1. The third-order valence-corrected chi connectivity index (χ3v) is 2.38. The normalized spacial score (nSPS) is 9.31. The van der Waals surface area contributed by atoms with Crippen molar-refractivity contribution in [1.82, 2.24) is 4.98 Å². The molecule has 0 aliphatic carbocycles. The average molecular weight is 194 g/mol. The summed E-state index contributed by atoms with van der Waals surface area (Å²) in [6.07, 6.45) is 1.55. The summed E-state index contributed by atoms with van der Waals surface area (Å²) in [5, 5.41) is 8.74. The fraction of sp³-hybridized carbons (Fsp3) is 0.333. The zero-order valence-electron chi connectivity index (χ0n) is 7.57. The van der Waals surface area contributed by atoms with E-state index in [1.807, 2.05) is 19.1 Å². The Bertz CT molecular complexity index is 333. The lowest BCUT2D eigenvalue weighted by Crippen LogP contribution is -1.90. The minimum absolute atomic E-state index is 0.465. The molecule has 0 amide bonds. The first-order valence-electron chi connectivity index (χ1n) is 3.88. The third kappa shape index (κ3) is 2.36. The molecule has 4 heteroatoms. The summed E-state index contributed by atoms with van der Waals surface area (Å²) in [5.41, 5.74) is 0.465. The zero-order chi connectivity index (χ0) is 9.68. The van der Waals surface area contributed by atoms with Crippen LogP contribution >= 0.6 is 11.8 Å². The molecule has 3 nitrogen and oxygen atoms in total. The molecular formula is C9H10N2OS. The number of ether oxygens (including phenoxy) is 1. The van der Waals surface area contributed by atoms with E-state index in [4.69, 9.17) is 10.00 Å². The van der Waals surface area contributed by atoms with Gasteiger partial charge in [-0.1, -0.05) is 6.92 Å². The molecule has 0 saturated heterocycles. The molecule has 0 bridgehead atoms. The Morgan fingerprint density at radius 2 is 2.46 bits per heavy atom. The molecule has 0 aliphatic heterocycles. The topological polar surface area (TPSA) is 45.9 Å². The zero-order valence-corrected chi connectivity index (χ0v) is 8.39. The minimum atomic E-state index is 0.465. The number of nitrogens with zero attached hydrogens (tertiary/aromatic N) is 2. The summed E-state index contributed by atoms with van der Waals surface area (Å²) in [6, 6.07) is 3.88. The van der Waals surface area contributed by atoms with Crippen molar-refractivity contribution in [3.05, 3.63) is 18.0 Å². The van der Waals surface area contributed by atoms with Gasteiger partial charge in [0, 0.05) is 4.90 Å². The van der Waals surface area contributed by atoms with Crippen LogP contribution in [0.4, 0.5) is 0 Å². The van der Waals surface area contributed by atoms with Crippen LogP contribution in [0.1, 0.15) is 12.6 Å². The van der Waals surface area contributed by atoms with Crippen LogP contribution in [0.2, 0.25) is 0 Å². The molecule has 1 aromatic heterocycles. The van der Waals surface area contributed by atoms with Crippen LogP contribution in [0.25, 0.3) is 0 Å². The van der Waals surface area contributed by atoms with Crippen molar-refractivity contribution in [1.29, 1.82) is 5.26 Å². The van der Waals surface area contributed by atoms with E-state index < -0.39 is 0 Å². The molecule has 0 radical (unpaired) electrons. The Hall–Kier alpha value is -1.21. The SMILES string of the molecule is CCSc1cc(OC)cnc1C#N. The first kappa shape index (κ1) is 9.87. The molecule has 0 fully saturated rings. The van der Waals surface area contributed by atoms with Crippen molar-refractivity contribution in [2.45, 2.75) is 11.8 Å². The number of rotatable bonds is 3. The highest BCUT2D eigenvalue weighted by Crippen LogP contribution is 2.24. The van der Waals surface area contributed by atoms with E-state index in [2.05, 4.69) is 4.98 Å². The summed E-state index contributed by atoms with van der Waals surface area (Å²) in [6.45, 7) is 2.03. The highest BCUT2D eigenvalue weighted by molar-refractivity contribution is 7.99. The number of methoxy groups -OCH3 is 1. The molecule has 1 aromatic rings. The first-order valence-corrected chi connectivity index (χ1v) is 4.87.